The van der Waals surface area contributed by atoms with E-state index in [2.05, 4.69) is 31.5 Å². The Kier molecular flexibility index (Phi) is 5.25. The molecule has 0 bridgehead atoms. The molecule has 0 saturated carbocycles. The van der Waals surface area contributed by atoms with Crippen molar-refractivity contribution in [2.45, 2.75) is 26.3 Å². The zero-order chi connectivity index (χ0) is 12.7. The van der Waals surface area contributed by atoms with E-state index >= 15 is 0 Å². The van der Waals surface area contributed by atoms with Gasteiger partial charge in [-0.25, -0.2) is 0 Å². The maximum Gasteiger partial charge on any atom is 0.251 e. The maximum atomic E-state index is 12.0. The second-order valence-corrected chi connectivity index (χ2v) is 4.12. The molecule has 0 aromatic heterocycles. The number of rotatable bonds is 5. The van der Waals surface area contributed by atoms with E-state index in [-0.39, 0.29) is 11.9 Å². The molecule has 0 heterocycles. The van der Waals surface area contributed by atoms with Crippen molar-refractivity contribution >= 4 is 5.91 Å². The molecule has 0 aliphatic heterocycles. The number of nitrogens with one attached hydrogen (secondary N) is 1. The van der Waals surface area contributed by atoms with E-state index in [4.69, 9.17) is 0 Å². The molecular formula is C15H19NO. The summed E-state index contributed by atoms with van der Waals surface area (Å²) in [5.41, 5.74) is 3.43. The molecule has 1 aromatic carbocycles. The van der Waals surface area contributed by atoms with E-state index in [9.17, 15) is 4.79 Å². The molecule has 1 aromatic rings. The average molecular weight is 229 g/mol. The summed E-state index contributed by atoms with van der Waals surface area (Å²) in [4.78, 5) is 12.0. The van der Waals surface area contributed by atoms with Gasteiger partial charge in [-0.05, 0) is 24.1 Å². The van der Waals surface area contributed by atoms with Gasteiger partial charge in [-0.15, -0.1) is 5.73 Å². The third-order valence-electron chi connectivity index (χ3n) is 2.89. The Bertz CT molecular complexity index is 404. The molecule has 90 valence electrons. The summed E-state index contributed by atoms with van der Waals surface area (Å²) in [6.07, 6.45) is 2.81. The zero-order valence-electron chi connectivity index (χ0n) is 10.4. The van der Waals surface area contributed by atoms with Crippen LogP contribution in [0.5, 0.6) is 0 Å². The molecule has 2 nitrogen and oxygen atoms in total. The van der Waals surface area contributed by atoms with Crippen LogP contribution in [0.1, 0.15) is 30.6 Å². The van der Waals surface area contributed by atoms with Gasteiger partial charge >= 0.3 is 0 Å². The second-order valence-electron chi connectivity index (χ2n) is 4.12. The minimum absolute atomic E-state index is 0.00907. The van der Waals surface area contributed by atoms with Crippen molar-refractivity contribution in [1.82, 2.24) is 5.32 Å². The van der Waals surface area contributed by atoms with Crippen LogP contribution >= 0.6 is 0 Å². The first-order chi connectivity index (χ1) is 8.19. The van der Waals surface area contributed by atoms with Gasteiger partial charge in [0, 0.05) is 5.56 Å². The molecule has 1 rings (SSSR count). The fraction of sp³-hybridized carbons (Fsp3) is 0.333. The minimum Gasteiger partial charge on any atom is -0.345 e. The SMILES string of the molecule is C=C=C[C@@H](NC(=O)c1ccccc1)C(C)CC. The van der Waals surface area contributed by atoms with Crippen LogP contribution in [0.4, 0.5) is 0 Å². The summed E-state index contributed by atoms with van der Waals surface area (Å²) in [5, 5.41) is 2.99. The van der Waals surface area contributed by atoms with E-state index in [0.717, 1.165) is 6.42 Å². The van der Waals surface area contributed by atoms with Crippen LogP contribution < -0.4 is 5.32 Å². The Balaban J connectivity index is 2.74. The van der Waals surface area contributed by atoms with Gasteiger partial charge in [0.05, 0.1) is 6.04 Å². The lowest BCUT2D eigenvalue weighted by Crippen LogP contribution is -2.37. The molecule has 2 heteroatoms. The molecule has 17 heavy (non-hydrogen) atoms. The first-order valence-corrected chi connectivity index (χ1v) is 5.91. The zero-order valence-corrected chi connectivity index (χ0v) is 10.4. The summed E-state index contributed by atoms with van der Waals surface area (Å²) >= 11 is 0. The molecule has 0 fully saturated rings. The van der Waals surface area contributed by atoms with Gasteiger partial charge in [0.15, 0.2) is 0 Å². The number of hydrogen-bond acceptors (Lipinski definition) is 1. The highest BCUT2D eigenvalue weighted by molar-refractivity contribution is 5.94. The topological polar surface area (TPSA) is 29.1 Å². The standard InChI is InChI=1S/C15H19NO/c1-4-9-14(12(3)5-2)16-15(17)13-10-7-6-8-11-13/h6-12,14H,1,5H2,2-3H3,(H,16,17)/t12?,14-/m1/s1. The monoisotopic (exact) mass is 229 g/mol. The highest BCUT2D eigenvalue weighted by Crippen LogP contribution is 2.10. The Morgan fingerprint density at radius 3 is 2.65 bits per heavy atom. The number of carbonyl (C=O) groups is 1. The van der Waals surface area contributed by atoms with E-state index in [1.165, 1.54) is 0 Å². The fourth-order valence-electron chi connectivity index (χ4n) is 1.55. The Morgan fingerprint density at radius 2 is 2.12 bits per heavy atom. The molecule has 2 atom stereocenters. The summed E-state index contributed by atoms with van der Waals surface area (Å²) < 4.78 is 0. The molecule has 1 N–H and O–H groups in total. The second kappa shape index (κ2) is 6.72. The van der Waals surface area contributed by atoms with Gasteiger partial charge in [0.25, 0.3) is 5.91 Å². The molecule has 0 aliphatic rings. The van der Waals surface area contributed by atoms with Gasteiger partial charge in [-0.1, -0.05) is 45.0 Å². The lowest BCUT2D eigenvalue weighted by molar-refractivity contribution is 0.0934. The van der Waals surface area contributed by atoms with E-state index in [0.29, 0.717) is 11.5 Å². The minimum atomic E-state index is -0.0533. The maximum absolute atomic E-state index is 12.0. The molecule has 1 unspecified atom stereocenters. The van der Waals surface area contributed by atoms with Crippen molar-refractivity contribution in [1.29, 1.82) is 0 Å². The van der Waals surface area contributed by atoms with Gasteiger partial charge in [0.2, 0.25) is 0 Å². The van der Waals surface area contributed by atoms with Crippen molar-refractivity contribution in [3.63, 3.8) is 0 Å². The lowest BCUT2D eigenvalue weighted by atomic mass is 9.98. The number of hydrogen-bond donors (Lipinski definition) is 1. The molecule has 0 aliphatic carbocycles. The van der Waals surface area contributed by atoms with Gasteiger partial charge < -0.3 is 5.32 Å². The number of benzene rings is 1. The highest BCUT2D eigenvalue weighted by Gasteiger charge is 2.16. The smallest absolute Gasteiger partial charge is 0.251 e. The van der Waals surface area contributed by atoms with Crippen LogP contribution in [0.2, 0.25) is 0 Å². The van der Waals surface area contributed by atoms with E-state index < -0.39 is 0 Å². The van der Waals surface area contributed by atoms with E-state index in [1.807, 2.05) is 24.3 Å². The van der Waals surface area contributed by atoms with Crippen LogP contribution in [-0.2, 0) is 0 Å². The molecule has 0 saturated heterocycles. The summed E-state index contributed by atoms with van der Waals surface area (Å²) in [7, 11) is 0. The van der Waals surface area contributed by atoms with Gasteiger partial charge in [-0.3, -0.25) is 4.79 Å². The first kappa shape index (κ1) is 13.3. The van der Waals surface area contributed by atoms with Crippen LogP contribution in [0.15, 0.2) is 48.7 Å². The molecule has 1 amide bonds. The number of amides is 1. The number of carbonyl (C=O) groups excluding carboxylic acids is 1. The van der Waals surface area contributed by atoms with Crippen molar-refractivity contribution in [3.05, 3.63) is 54.3 Å². The third-order valence-corrected chi connectivity index (χ3v) is 2.89. The predicted octanol–water partition coefficient (Wildman–Crippen LogP) is 3.17. The predicted molar refractivity (Wildman–Crippen MR) is 70.9 cm³/mol. The molecule has 0 radical (unpaired) electrons. The summed E-state index contributed by atoms with van der Waals surface area (Å²) in [6, 6.07) is 9.21. The average Bonchev–Trinajstić information content (AvgIpc) is 2.38. The largest absolute Gasteiger partial charge is 0.345 e. The van der Waals surface area contributed by atoms with Crippen LogP contribution in [0.25, 0.3) is 0 Å². The summed E-state index contributed by atoms with van der Waals surface area (Å²) in [6.45, 7) is 7.77. The van der Waals surface area contributed by atoms with E-state index in [1.54, 1.807) is 12.1 Å². The highest BCUT2D eigenvalue weighted by atomic mass is 16.1. The molecule has 0 spiro atoms. The van der Waals surface area contributed by atoms with Crippen LogP contribution in [0.3, 0.4) is 0 Å². The summed E-state index contributed by atoms with van der Waals surface area (Å²) in [5.74, 6) is 0.319. The Morgan fingerprint density at radius 1 is 1.47 bits per heavy atom. The van der Waals surface area contributed by atoms with Gasteiger partial charge in [-0.2, -0.15) is 0 Å². The third kappa shape index (κ3) is 3.93. The van der Waals surface area contributed by atoms with Crippen molar-refractivity contribution in [2.24, 2.45) is 5.92 Å². The lowest BCUT2D eigenvalue weighted by Gasteiger charge is -2.20. The van der Waals surface area contributed by atoms with Gasteiger partial charge in [0.1, 0.15) is 0 Å². The van der Waals surface area contributed by atoms with Crippen molar-refractivity contribution in [3.8, 4) is 0 Å². The van der Waals surface area contributed by atoms with Crippen LogP contribution in [0, 0.1) is 5.92 Å². The van der Waals surface area contributed by atoms with Crippen molar-refractivity contribution < 1.29 is 4.79 Å². The first-order valence-electron chi connectivity index (χ1n) is 5.91. The molecular weight excluding hydrogens is 210 g/mol. The Hall–Kier alpha value is -1.79. The normalized spacial score (nSPS) is 13.3. The van der Waals surface area contributed by atoms with Crippen molar-refractivity contribution in [2.75, 3.05) is 0 Å². The Labute approximate surface area is 103 Å². The quantitative estimate of drug-likeness (QED) is 0.772. The van der Waals surface area contributed by atoms with Crippen LogP contribution in [-0.4, -0.2) is 11.9 Å². The fourth-order valence-corrected chi connectivity index (χ4v) is 1.55.